The summed E-state index contributed by atoms with van der Waals surface area (Å²) in [6.45, 7) is 4.38. The molecule has 0 fully saturated rings. The van der Waals surface area contributed by atoms with Crippen LogP contribution in [0.5, 0.6) is 11.5 Å². The number of ether oxygens (including phenoxy) is 2. The third kappa shape index (κ3) is 6.06. The molecule has 0 saturated carbocycles. The zero-order chi connectivity index (χ0) is 26.2. The number of hydrogen-bond donors (Lipinski definition) is 2. The van der Waals surface area contributed by atoms with E-state index in [0.29, 0.717) is 35.3 Å². The molecule has 0 unspecified atom stereocenters. The van der Waals surface area contributed by atoms with E-state index in [0.717, 1.165) is 16.9 Å². The normalized spacial score (nSPS) is 11.4. The minimum absolute atomic E-state index is 0.0250. The van der Waals surface area contributed by atoms with Crippen molar-refractivity contribution >= 4 is 29.2 Å². The Hall–Kier alpha value is -4.39. The van der Waals surface area contributed by atoms with Gasteiger partial charge >= 0.3 is 0 Å². The van der Waals surface area contributed by atoms with E-state index in [4.69, 9.17) is 19.8 Å². The first-order valence-electron chi connectivity index (χ1n) is 11.4. The van der Waals surface area contributed by atoms with E-state index in [-0.39, 0.29) is 17.3 Å². The van der Waals surface area contributed by atoms with Crippen molar-refractivity contribution in [1.82, 2.24) is 30.7 Å². The summed E-state index contributed by atoms with van der Waals surface area (Å²) in [4.78, 5) is 14.1. The van der Waals surface area contributed by atoms with Crippen molar-refractivity contribution in [2.75, 3.05) is 19.5 Å². The number of nitrogens with one attached hydrogen (secondary N) is 1. The summed E-state index contributed by atoms with van der Waals surface area (Å²) in [5.74, 6) is 1.20. The molecule has 4 aromatic rings. The predicted molar refractivity (Wildman–Crippen MR) is 138 cm³/mol. The molecule has 0 spiro atoms. The Morgan fingerprint density at radius 3 is 2.70 bits per heavy atom. The van der Waals surface area contributed by atoms with E-state index in [1.807, 2.05) is 49.4 Å². The maximum Gasteiger partial charge on any atom is 0.293 e. The topological polar surface area (TPSA) is 156 Å². The maximum atomic E-state index is 13.1. The smallest absolute Gasteiger partial charge is 0.293 e. The number of carbonyl (C=O) groups excluding carboxylic acids is 1. The van der Waals surface area contributed by atoms with Gasteiger partial charge in [-0.2, -0.15) is 9.78 Å². The second-order valence-corrected chi connectivity index (χ2v) is 8.77. The molecule has 1 amide bonds. The van der Waals surface area contributed by atoms with Gasteiger partial charge in [0.25, 0.3) is 5.91 Å². The first-order chi connectivity index (χ1) is 18.0. The highest BCUT2D eigenvalue weighted by Crippen LogP contribution is 2.29. The summed E-state index contributed by atoms with van der Waals surface area (Å²) in [5.41, 5.74) is 10.3. The van der Waals surface area contributed by atoms with Crippen molar-refractivity contribution in [3.63, 3.8) is 0 Å². The van der Waals surface area contributed by atoms with E-state index in [9.17, 15) is 4.79 Å². The van der Waals surface area contributed by atoms with Crippen LogP contribution in [-0.2, 0) is 5.75 Å². The molecule has 13 heteroatoms. The monoisotopic (exact) mass is 522 g/mol. The van der Waals surface area contributed by atoms with Gasteiger partial charge < -0.3 is 15.2 Å². The Kier molecular flexibility index (Phi) is 8.36. The van der Waals surface area contributed by atoms with Crippen LogP contribution >= 0.6 is 11.8 Å². The van der Waals surface area contributed by atoms with Crippen LogP contribution in [0, 0.1) is 0 Å². The van der Waals surface area contributed by atoms with Crippen molar-refractivity contribution in [2.24, 2.45) is 5.10 Å². The third-order valence-electron chi connectivity index (χ3n) is 5.16. The number of hydrazone groups is 1. The summed E-state index contributed by atoms with van der Waals surface area (Å²) >= 11 is 1.50. The molecule has 3 N–H and O–H groups in total. The van der Waals surface area contributed by atoms with Crippen molar-refractivity contribution in [1.29, 1.82) is 0 Å². The van der Waals surface area contributed by atoms with Gasteiger partial charge in [-0.3, -0.25) is 4.79 Å². The van der Waals surface area contributed by atoms with E-state index >= 15 is 0 Å². The molecule has 4 rings (SSSR count). The number of aromatic nitrogens is 5. The number of hydrogen-bond acceptors (Lipinski definition) is 11. The highest BCUT2D eigenvalue weighted by molar-refractivity contribution is 7.98. The Morgan fingerprint density at radius 2 is 2.00 bits per heavy atom. The third-order valence-corrected chi connectivity index (χ3v) is 6.18. The van der Waals surface area contributed by atoms with Gasteiger partial charge in [0.15, 0.2) is 17.2 Å². The van der Waals surface area contributed by atoms with Gasteiger partial charge in [-0.25, -0.2) is 10.1 Å². The van der Waals surface area contributed by atoms with Gasteiger partial charge in [0.2, 0.25) is 11.6 Å². The quantitative estimate of drug-likeness (QED) is 0.170. The van der Waals surface area contributed by atoms with Gasteiger partial charge in [0, 0.05) is 16.2 Å². The maximum absolute atomic E-state index is 13.1. The molecule has 0 radical (unpaired) electrons. The number of carbonyl (C=O) groups is 1. The highest BCUT2D eigenvalue weighted by atomic mass is 32.2. The average Bonchev–Trinajstić information content (AvgIpc) is 3.55. The minimum Gasteiger partial charge on any atom is -0.493 e. The first kappa shape index (κ1) is 25.7. The zero-order valence-electron chi connectivity index (χ0n) is 20.5. The SMILES string of the molecule is CCCOc1ccc(/C(C)=N/NC(=O)c2nnn(-c3nonc3N)c2CSc2ccccc2)cc1OC. The van der Waals surface area contributed by atoms with Crippen molar-refractivity contribution in [3.8, 4) is 17.3 Å². The van der Waals surface area contributed by atoms with E-state index in [1.54, 1.807) is 20.1 Å². The Morgan fingerprint density at radius 1 is 1.19 bits per heavy atom. The molecular weight excluding hydrogens is 496 g/mol. The van der Waals surface area contributed by atoms with Gasteiger partial charge in [-0.05, 0) is 54.0 Å². The summed E-state index contributed by atoms with van der Waals surface area (Å²) < 4.78 is 17.2. The fourth-order valence-corrected chi connectivity index (χ4v) is 4.17. The number of rotatable bonds is 11. The van der Waals surface area contributed by atoms with Gasteiger partial charge in [0.1, 0.15) is 0 Å². The molecule has 0 aliphatic heterocycles. The molecule has 37 heavy (non-hydrogen) atoms. The molecule has 0 aliphatic carbocycles. The van der Waals surface area contributed by atoms with Crippen molar-refractivity contribution in [2.45, 2.75) is 30.9 Å². The number of nitrogens with zero attached hydrogens (tertiary/aromatic N) is 6. The Bertz CT molecular complexity index is 1390. The molecule has 0 saturated heterocycles. The van der Waals surface area contributed by atoms with Crippen LogP contribution in [0.15, 0.2) is 63.2 Å². The molecule has 0 bridgehead atoms. The summed E-state index contributed by atoms with van der Waals surface area (Å²) in [5, 5.41) is 19.8. The van der Waals surface area contributed by atoms with Crippen LogP contribution in [0.1, 0.15) is 42.0 Å². The number of thioether (sulfide) groups is 1. The number of amides is 1. The largest absolute Gasteiger partial charge is 0.493 e. The fraction of sp³-hybridized carbons (Fsp3) is 0.250. The van der Waals surface area contributed by atoms with Crippen LogP contribution in [0.3, 0.4) is 0 Å². The Balaban J connectivity index is 1.56. The Labute approximate surface area is 217 Å². The standard InChI is InChI=1S/C24H26N8O4S/c1-4-12-35-19-11-10-16(13-20(19)34-3)15(2)26-28-24(33)21-18(14-37-17-8-6-5-7-9-17)32(31-27-21)23-22(25)29-36-30-23/h5-11,13H,4,12,14H2,1-3H3,(H2,25,29)(H,28,33)/b26-15+. The van der Waals surface area contributed by atoms with Gasteiger partial charge in [0.05, 0.1) is 25.1 Å². The number of nitrogens with two attached hydrogens (primary N) is 1. The van der Waals surface area contributed by atoms with Crippen molar-refractivity contribution in [3.05, 3.63) is 65.5 Å². The van der Waals surface area contributed by atoms with Crippen LogP contribution in [0.25, 0.3) is 5.82 Å². The van der Waals surface area contributed by atoms with Gasteiger partial charge in [-0.15, -0.1) is 16.9 Å². The molecule has 0 aliphatic rings. The molecule has 192 valence electrons. The molecule has 0 atom stereocenters. The fourth-order valence-electron chi connectivity index (χ4n) is 3.26. The lowest BCUT2D eigenvalue weighted by Crippen LogP contribution is -2.21. The second kappa shape index (κ2) is 12.0. The minimum atomic E-state index is -0.542. The lowest BCUT2D eigenvalue weighted by molar-refractivity contribution is 0.0949. The number of methoxy groups -OCH3 is 1. The summed E-state index contributed by atoms with van der Waals surface area (Å²) in [6, 6.07) is 15.2. The van der Waals surface area contributed by atoms with E-state index in [1.165, 1.54) is 16.4 Å². The van der Waals surface area contributed by atoms with Crippen LogP contribution < -0.4 is 20.6 Å². The van der Waals surface area contributed by atoms with Crippen LogP contribution in [-0.4, -0.2) is 50.6 Å². The summed E-state index contributed by atoms with van der Waals surface area (Å²) in [6.07, 6.45) is 0.883. The average molecular weight is 523 g/mol. The molecule has 2 aromatic heterocycles. The van der Waals surface area contributed by atoms with E-state index in [2.05, 4.69) is 31.2 Å². The van der Waals surface area contributed by atoms with Crippen molar-refractivity contribution < 1.29 is 18.9 Å². The highest BCUT2D eigenvalue weighted by Gasteiger charge is 2.24. The number of anilines is 1. The lowest BCUT2D eigenvalue weighted by Gasteiger charge is -2.11. The second-order valence-electron chi connectivity index (χ2n) is 7.72. The number of benzene rings is 2. The molecule has 2 heterocycles. The van der Waals surface area contributed by atoms with E-state index < -0.39 is 5.91 Å². The van der Waals surface area contributed by atoms with Crippen LogP contribution in [0.2, 0.25) is 0 Å². The molecule has 12 nitrogen and oxygen atoms in total. The summed E-state index contributed by atoms with van der Waals surface area (Å²) in [7, 11) is 1.57. The lowest BCUT2D eigenvalue weighted by atomic mass is 10.1. The predicted octanol–water partition coefficient (Wildman–Crippen LogP) is 3.48. The van der Waals surface area contributed by atoms with Crippen LogP contribution in [0.4, 0.5) is 5.82 Å². The molecule has 2 aromatic carbocycles. The first-order valence-corrected chi connectivity index (χ1v) is 12.4. The zero-order valence-corrected chi connectivity index (χ0v) is 21.4. The molecular formula is C24H26N8O4S. The van der Waals surface area contributed by atoms with Gasteiger partial charge in [-0.1, -0.05) is 30.3 Å². The number of nitrogen functional groups attached to an aromatic ring is 1.